The molecule has 0 saturated carbocycles. The van der Waals surface area contributed by atoms with Crippen molar-refractivity contribution in [2.75, 3.05) is 0 Å². The number of nitro groups is 1. The van der Waals surface area contributed by atoms with Crippen molar-refractivity contribution in [1.82, 2.24) is 0 Å². The first-order valence-electron chi connectivity index (χ1n) is 8.58. The second-order valence-electron chi connectivity index (χ2n) is 6.27. The van der Waals surface area contributed by atoms with Crippen LogP contribution in [-0.4, -0.2) is 12.2 Å². The Bertz CT molecular complexity index is 1130. The van der Waals surface area contributed by atoms with Crippen molar-refractivity contribution in [2.24, 2.45) is 7.05 Å². The van der Waals surface area contributed by atoms with Gasteiger partial charge in [-0.2, -0.15) is 4.57 Å². The number of fused-ring (bicyclic) bond motifs is 2. The average Bonchev–Trinajstić information content (AvgIpc) is 2.67. The maximum absolute atomic E-state index is 10.9. The van der Waals surface area contributed by atoms with E-state index in [1.54, 1.807) is 12.1 Å². The minimum absolute atomic E-state index is 0.105. The summed E-state index contributed by atoms with van der Waals surface area (Å²) < 4.78 is 41.2. The second kappa shape index (κ2) is 7.87. The molecule has 148 valence electrons. The Balaban J connectivity index is 0.000000431. The van der Waals surface area contributed by atoms with Crippen molar-refractivity contribution in [1.29, 1.82) is 0 Å². The van der Waals surface area contributed by atoms with Crippen molar-refractivity contribution in [3.63, 3.8) is 0 Å². The van der Waals surface area contributed by atoms with Crippen LogP contribution >= 0.6 is 0 Å². The lowest BCUT2D eigenvalue weighted by Crippen LogP contribution is -2.30. The van der Waals surface area contributed by atoms with E-state index in [1.165, 1.54) is 0 Å². The SMILES string of the molecule is C[n+]1c2ccccc2c(-c2ccc([N+](=O)[O-])cc2)c2ccccc21.F[B-](F)(F)F. The molecule has 0 aliphatic heterocycles. The predicted octanol–water partition coefficient (Wildman–Crippen LogP) is 5.69. The molecule has 4 nitrogen and oxygen atoms in total. The van der Waals surface area contributed by atoms with E-state index in [0.29, 0.717) is 0 Å². The molecule has 0 radical (unpaired) electrons. The Labute approximate surface area is 163 Å². The van der Waals surface area contributed by atoms with Gasteiger partial charge >= 0.3 is 7.25 Å². The van der Waals surface area contributed by atoms with Crippen LogP contribution in [0.4, 0.5) is 23.0 Å². The zero-order valence-corrected chi connectivity index (χ0v) is 15.2. The van der Waals surface area contributed by atoms with Crippen LogP contribution in [-0.2, 0) is 7.05 Å². The van der Waals surface area contributed by atoms with Crippen LogP contribution < -0.4 is 4.57 Å². The van der Waals surface area contributed by atoms with Crippen LogP contribution in [0.3, 0.4) is 0 Å². The number of aromatic nitrogens is 1. The third kappa shape index (κ3) is 4.51. The molecule has 1 aromatic heterocycles. The third-order valence-electron chi connectivity index (χ3n) is 4.44. The minimum Gasteiger partial charge on any atom is -0.418 e. The fraction of sp³-hybridized carbons (Fsp3) is 0.0500. The van der Waals surface area contributed by atoms with Crippen LogP contribution in [0, 0.1) is 10.1 Å². The van der Waals surface area contributed by atoms with E-state index in [2.05, 4.69) is 35.9 Å². The summed E-state index contributed by atoms with van der Waals surface area (Å²) in [6.07, 6.45) is 0. The first-order valence-corrected chi connectivity index (χ1v) is 8.58. The number of nitrogens with zero attached hydrogens (tertiary/aromatic N) is 2. The number of halogens is 4. The van der Waals surface area contributed by atoms with Gasteiger partial charge in [0.25, 0.3) is 5.69 Å². The van der Waals surface area contributed by atoms with E-state index in [4.69, 9.17) is 0 Å². The standard InChI is InChI=1S/C20H15N2O2.BF4/c1-21-18-8-4-2-6-16(18)20(17-7-3-5-9-19(17)21)14-10-12-15(13-11-14)22(23)24;2-1(3,4)5/h2-13H,1H3;/q+1;-1. The van der Waals surface area contributed by atoms with Crippen molar-refractivity contribution in [2.45, 2.75) is 0 Å². The Kier molecular flexibility index (Phi) is 5.49. The molecular weight excluding hydrogens is 387 g/mol. The highest BCUT2D eigenvalue weighted by Gasteiger charge is 2.21. The molecule has 0 fully saturated rings. The van der Waals surface area contributed by atoms with Gasteiger partial charge in [-0.05, 0) is 29.8 Å². The van der Waals surface area contributed by atoms with Gasteiger partial charge < -0.3 is 17.3 Å². The van der Waals surface area contributed by atoms with Gasteiger partial charge in [-0.3, -0.25) is 10.1 Å². The van der Waals surface area contributed by atoms with Gasteiger partial charge in [-0.1, -0.05) is 24.3 Å². The van der Waals surface area contributed by atoms with E-state index in [-0.39, 0.29) is 10.6 Å². The van der Waals surface area contributed by atoms with E-state index >= 15 is 0 Å². The Morgan fingerprint density at radius 2 is 1.21 bits per heavy atom. The Hall–Kier alpha value is -3.49. The molecule has 0 N–H and O–H groups in total. The average molecular weight is 402 g/mol. The molecule has 29 heavy (non-hydrogen) atoms. The van der Waals surface area contributed by atoms with Crippen LogP contribution in [0.25, 0.3) is 32.9 Å². The summed E-state index contributed by atoms with van der Waals surface area (Å²) in [5, 5.41) is 13.2. The largest absolute Gasteiger partial charge is 0.673 e. The molecule has 0 saturated heterocycles. The lowest BCUT2D eigenvalue weighted by atomic mass is 9.95. The normalized spacial score (nSPS) is 11.2. The smallest absolute Gasteiger partial charge is 0.418 e. The summed E-state index contributed by atoms with van der Waals surface area (Å²) in [4.78, 5) is 10.6. The van der Waals surface area contributed by atoms with E-state index in [1.807, 2.05) is 36.4 Å². The molecule has 0 unspecified atom stereocenters. The lowest BCUT2D eigenvalue weighted by Gasteiger charge is -2.10. The molecule has 0 aliphatic carbocycles. The number of pyridine rings is 1. The number of benzene rings is 3. The number of aryl methyl sites for hydroxylation is 1. The van der Waals surface area contributed by atoms with E-state index in [9.17, 15) is 27.4 Å². The molecule has 0 atom stereocenters. The van der Waals surface area contributed by atoms with Crippen molar-refractivity contribution in [3.05, 3.63) is 82.9 Å². The topological polar surface area (TPSA) is 47.0 Å². The maximum Gasteiger partial charge on any atom is 0.673 e. The van der Waals surface area contributed by atoms with Gasteiger partial charge in [0.1, 0.15) is 7.05 Å². The highest BCUT2D eigenvalue weighted by Crippen LogP contribution is 2.34. The monoisotopic (exact) mass is 402 g/mol. The van der Waals surface area contributed by atoms with Crippen LogP contribution in [0.2, 0.25) is 0 Å². The quantitative estimate of drug-likeness (QED) is 0.108. The number of hydrogen-bond donors (Lipinski definition) is 0. The van der Waals surface area contributed by atoms with Crippen LogP contribution in [0.15, 0.2) is 72.8 Å². The summed E-state index contributed by atoms with van der Waals surface area (Å²) in [6.45, 7) is 0. The minimum atomic E-state index is -6.00. The molecule has 9 heteroatoms. The summed E-state index contributed by atoms with van der Waals surface area (Å²) in [7, 11) is -3.94. The third-order valence-corrected chi connectivity index (χ3v) is 4.44. The van der Waals surface area contributed by atoms with Crippen molar-refractivity contribution in [3.8, 4) is 11.1 Å². The maximum atomic E-state index is 10.9. The molecule has 0 aliphatic rings. The first-order chi connectivity index (χ1) is 13.7. The molecular formula is C20H15BF4N2O2. The van der Waals surface area contributed by atoms with Gasteiger partial charge in [0.15, 0.2) is 0 Å². The molecule has 4 rings (SSSR count). The van der Waals surface area contributed by atoms with Crippen LogP contribution in [0.5, 0.6) is 0 Å². The highest BCUT2D eigenvalue weighted by molar-refractivity contribution is 6.50. The Morgan fingerprint density at radius 3 is 1.62 bits per heavy atom. The van der Waals surface area contributed by atoms with Gasteiger partial charge in [0, 0.05) is 29.8 Å². The molecule has 4 aromatic rings. The zero-order valence-electron chi connectivity index (χ0n) is 15.2. The summed E-state index contributed by atoms with van der Waals surface area (Å²) in [6, 6.07) is 23.2. The van der Waals surface area contributed by atoms with Gasteiger partial charge in [0.2, 0.25) is 11.0 Å². The first kappa shape index (κ1) is 20.3. The summed E-state index contributed by atoms with van der Waals surface area (Å²) in [5.74, 6) is 0. The summed E-state index contributed by atoms with van der Waals surface area (Å²) in [5.41, 5.74) is 4.45. The molecule has 0 bridgehead atoms. The predicted molar refractivity (Wildman–Crippen MR) is 105 cm³/mol. The van der Waals surface area contributed by atoms with Crippen LogP contribution in [0.1, 0.15) is 0 Å². The number of non-ortho nitro benzene ring substituents is 1. The Morgan fingerprint density at radius 1 is 0.793 bits per heavy atom. The number of rotatable bonds is 2. The van der Waals surface area contributed by atoms with Crippen molar-refractivity contribution < 1.29 is 26.8 Å². The molecule has 3 aromatic carbocycles. The summed E-state index contributed by atoms with van der Waals surface area (Å²) >= 11 is 0. The molecule has 0 spiro atoms. The van der Waals surface area contributed by atoms with Gasteiger partial charge in [0.05, 0.1) is 15.7 Å². The van der Waals surface area contributed by atoms with E-state index in [0.717, 1.165) is 32.9 Å². The lowest BCUT2D eigenvalue weighted by molar-refractivity contribution is -0.617. The number of nitro benzene ring substituents is 1. The number of hydrogen-bond acceptors (Lipinski definition) is 2. The van der Waals surface area contributed by atoms with E-state index < -0.39 is 7.25 Å². The molecule has 0 amide bonds. The highest BCUT2D eigenvalue weighted by atomic mass is 19.5. The fourth-order valence-corrected chi connectivity index (χ4v) is 3.29. The fourth-order valence-electron chi connectivity index (χ4n) is 3.29. The zero-order chi connectivity index (χ0) is 21.2. The molecule has 1 heterocycles. The second-order valence-corrected chi connectivity index (χ2v) is 6.27. The van der Waals surface area contributed by atoms with Gasteiger partial charge in [-0.15, -0.1) is 0 Å². The number of para-hydroxylation sites is 2. The van der Waals surface area contributed by atoms with Crippen molar-refractivity contribution >= 4 is 34.7 Å². The van der Waals surface area contributed by atoms with Gasteiger partial charge in [-0.25, -0.2) is 0 Å².